The summed E-state index contributed by atoms with van der Waals surface area (Å²) in [6, 6.07) is 13.2. The summed E-state index contributed by atoms with van der Waals surface area (Å²) in [5.41, 5.74) is 1.74. The van der Waals surface area contributed by atoms with Gasteiger partial charge in [0, 0.05) is 23.2 Å². The molecular weight excluding hydrogens is 308 g/mol. The summed E-state index contributed by atoms with van der Waals surface area (Å²) in [5, 5.41) is 4.56. The monoisotopic (exact) mass is 320 g/mol. The first-order chi connectivity index (χ1) is 9.33. The zero-order valence-electron chi connectivity index (χ0n) is 10.4. The number of halogens is 1. The van der Waals surface area contributed by atoms with Crippen LogP contribution in [0.5, 0.6) is 11.6 Å². The predicted molar refractivity (Wildman–Crippen MR) is 78.1 cm³/mol. The summed E-state index contributed by atoms with van der Waals surface area (Å²) in [6.45, 7) is 0. The van der Waals surface area contributed by atoms with Gasteiger partial charge in [-0.15, -0.1) is 0 Å². The van der Waals surface area contributed by atoms with Crippen molar-refractivity contribution in [1.82, 2.24) is 4.98 Å². The molecule has 1 aromatic heterocycles. The van der Waals surface area contributed by atoms with Crippen molar-refractivity contribution in [2.24, 2.45) is 5.16 Å². The SMILES string of the molecule is CO/N=C(\CBr)c1cccc(Oc2ccccn2)c1. The maximum absolute atomic E-state index is 5.67. The van der Waals surface area contributed by atoms with Crippen LogP contribution in [0.25, 0.3) is 0 Å². The molecule has 2 rings (SSSR count). The van der Waals surface area contributed by atoms with E-state index in [0.717, 1.165) is 11.3 Å². The molecule has 0 radical (unpaired) electrons. The van der Waals surface area contributed by atoms with Crippen molar-refractivity contribution in [3.8, 4) is 11.6 Å². The fourth-order valence-corrected chi connectivity index (χ4v) is 1.96. The molecule has 0 amide bonds. The van der Waals surface area contributed by atoms with Crippen LogP contribution in [-0.2, 0) is 4.84 Å². The molecule has 0 bridgehead atoms. The highest BCUT2D eigenvalue weighted by Crippen LogP contribution is 2.20. The lowest BCUT2D eigenvalue weighted by Gasteiger charge is -2.07. The molecule has 0 aliphatic heterocycles. The van der Waals surface area contributed by atoms with Crippen LogP contribution < -0.4 is 4.74 Å². The van der Waals surface area contributed by atoms with Gasteiger partial charge >= 0.3 is 0 Å². The highest BCUT2D eigenvalue weighted by Gasteiger charge is 2.05. The number of aromatic nitrogens is 1. The van der Waals surface area contributed by atoms with E-state index in [4.69, 9.17) is 9.57 Å². The van der Waals surface area contributed by atoms with Crippen molar-refractivity contribution in [2.45, 2.75) is 0 Å². The second-order valence-electron chi connectivity index (χ2n) is 3.65. The number of oxime groups is 1. The highest BCUT2D eigenvalue weighted by atomic mass is 79.9. The molecule has 19 heavy (non-hydrogen) atoms. The van der Waals surface area contributed by atoms with E-state index in [2.05, 4.69) is 26.1 Å². The molecule has 0 saturated heterocycles. The molecule has 0 spiro atoms. The van der Waals surface area contributed by atoms with Gasteiger partial charge in [-0.2, -0.15) is 0 Å². The van der Waals surface area contributed by atoms with Crippen molar-refractivity contribution in [2.75, 3.05) is 12.4 Å². The van der Waals surface area contributed by atoms with E-state index in [1.54, 1.807) is 12.3 Å². The Bertz CT molecular complexity index is 558. The van der Waals surface area contributed by atoms with Gasteiger partial charge in [0.25, 0.3) is 0 Å². The third kappa shape index (κ3) is 3.79. The first-order valence-electron chi connectivity index (χ1n) is 5.69. The normalized spacial score (nSPS) is 11.2. The molecule has 1 aromatic carbocycles. The minimum absolute atomic E-state index is 0.559. The Kier molecular flexibility index (Phi) is 4.92. The number of benzene rings is 1. The Morgan fingerprint density at radius 2 is 2.16 bits per heavy atom. The Morgan fingerprint density at radius 3 is 2.84 bits per heavy atom. The van der Waals surface area contributed by atoms with E-state index in [-0.39, 0.29) is 0 Å². The minimum atomic E-state index is 0.559. The van der Waals surface area contributed by atoms with E-state index in [9.17, 15) is 0 Å². The highest BCUT2D eigenvalue weighted by molar-refractivity contribution is 9.09. The van der Waals surface area contributed by atoms with Gasteiger partial charge in [0.05, 0.1) is 5.71 Å². The molecule has 5 heteroatoms. The lowest BCUT2D eigenvalue weighted by Crippen LogP contribution is -2.03. The summed E-state index contributed by atoms with van der Waals surface area (Å²) in [4.78, 5) is 8.93. The van der Waals surface area contributed by atoms with Gasteiger partial charge in [0.2, 0.25) is 5.88 Å². The van der Waals surface area contributed by atoms with Gasteiger partial charge < -0.3 is 9.57 Å². The number of nitrogens with zero attached hydrogens (tertiary/aromatic N) is 2. The zero-order valence-corrected chi connectivity index (χ0v) is 12.0. The molecule has 0 atom stereocenters. The van der Waals surface area contributed by atoms with Crippen molar-refractivity contribution < 1.29 is 9.57 Å². The molecule has 0 aliphatic carbocycles. The third-order valence-electron chi connectivity index (χ3n) is 2.36. The van der Waals surface area contributed by atoms with Gasteiger partial charge in [-0.3, -0.25) is 0 Å². The number of hydrogen-bond acceptors (Lipinski definition) is 4. The summed E-state index contributed by atoms with van der Waals surface area (Å²) < 4.78 is 5.67. The van der Waals surface area contributed by atoms with Crippen LogP contribution in [0.4, 0.5) is 0 Å². The van der Waals surface area contributed by atoms with Gasteiger partial charge in [0.15, 0.2) is 0 Å². The Balaban J connectivity index is 2.22. The van der Waals surface area contributed by atoms with Crippen molar-refractivity contribution in [3.63, 3.8) is 0 Å². The fourth-order valence-electron chi connectivity index (χ4n) is 1.53. The average molecular weight is 321 g/mol. The quantitative estimate of drug-likeness (QED) is 0.480. The number of hydrogen-bond donors (Lipinski definition) is 0. The van der Waals surface area contributed by atoms with Crippen LogP contribution >= 0.6 is 15.9 Å². The molecule has 98 valence electrons. The Morgan fingerprint density at radius 1 is 1.26 bits per heavy atom. The molecule has 2 aromatic rings. The summed E-state index contributed by atoms with van der Waals surface area (Å²) in [6.07, 6.45) is 1.69. The largest absolute Gasteiger partial charge is 0.439 e. The van der Waals surface area contributed by atoms with E-state index in [1.807, 2.05) is 36.4 Å². The number of rotatable bonds is 5. The lowest BCUT2D eigenvalue weighted by molar-refractivity contribution is 0.213. The molecular formula is C14H13BrN2O2. The van der Waals surface area contributed by atoms with Crippen LogP contribution in [-0.4, -0.2) is 23.1 Å². The van der Waals surface area contributed by atoms with Crippen LogP contribution in [0.3, 0.4) is 0 Å². The van der Waals surface area contributed by atoms with Gasteiger partial charge in [-0.05, 0) is 18.2 Å². The van der Waals surface area contributed by atoms with Crippen molar-refractivity contribution in [1.29, 1.82) is 0 Å². The molecule has 0 unspecified atom stereocenters. The first kappa shape index (κ1) is 13.5. The Hall–Kier alpha value is -1.88. The van der Waals surface area contributed by atoms with Gasteiger partial charge in [0.1, 0.15) is 12.9 Å². The molecule has 0 saturated carbocycles. The molecule has 0 fully saturated rings. The number of alkyl halides is 1. The number of ether oxygens (including phenoxy) is 1. The summed E-state index contributed by atoms with van der Waals surface area (Å²) >= 11 is 3.38. The first-order valence-corrected chi connectivity index (χ1v) is 6.81. The molecule has 0 aliphatic rings. The maximum Gasteiger partial charge on any atom is 0.219 e. The molecule has 0 N–H and O–H groups in total. The summed E-state index contributed by atoms with van der Waals surface area (Å²) in [7, 11) is 1.52. The van der Waals surface area contributed by atoms with Gasteiger partial charge in [-0.1, -0.05) is 39.3 Å². The predicted octanol–water partition coefficient (Wildman–Crippen LogP) is 3.62. The Labute approximate surface area is 120 Å². The smallest absolute Gasteiger partial charge is 0.219 e. The second kappa shape index (κ2) is 6.89. The lowest BCUT2D eigenvalue weighted by atomic mass is 10.1. The fraction of sp³-hybridized carbons (Fsp3) is 0.143. The summed E-state index contributed by atoms with van der Waals surface area (Å²) in [5.74, 6) is 1.27. The minimum Gasteiger partial charge on any atom is -0.439 e. The van der Waals surface area contributed by atoms with E-state index in [0.29, 0.717) is 17.0 Å². The average Bonchev–Trinajstić information content (AvgIpc) is 2.46. The van der Waals surface area contributed by atoms with Crippen LogP contribution in [0.1, 0.15) is 5.56 Å². The van der Waals surface area contributed by atoms with E-state index in [1.165, 1.54) is 7.11 Å². The van der Waals surface area contributed by atoms with E-state index >= 15 is 0 Å². The molecule has 4 nitrogen and oxygen atoms in total. The van der Waals surface area contributed by atoms with Gasteiger partial charge in [-0.25, -0.2) is 4.98 Å². The second-order valence-corrected chi connectivity index (χ2v) is 4.21. The third-order valence-corrected chi connectivity index (χ3v) is 2.89. The van der Waals surface area contributed by atoms with Crippen LogP contribution in [0.15, 0.2) is 53.8 Å². The maximum atomic E-state index is 5.67. The van der Waals surface area contributed by atoms with E-state index < -0.39 is 0 Å². The van der Waals surface area contributed by atoms with Crippen LogP contribution in [0, 0.1) is 0 Å². The molecule has 1 heterocycles. The zero-order chi connectivity index (χ0) is 13.5. The van der Waals surface area contributed by atoms with Crippen LogP contribution in [0.2, 0.25) is 0 Å². The number of pyridine rings is 1. The standard InChI is InChI=1S/C14H13BrN2O2/c1-18-17-13(10-15)11-5-4-6-12(9-11)19-14-7-2-3-8-16-14/h2-9H,10H2,1H3/b17-13+. The van der Waals surface area contributed by atoms with Crippen molar-refractivity contribution >= 4 is 21.6 Å². The topological polar surface area (TPSA) is 43.7 Å². The van der Waals surface area contributed by atoms with Crippen molar-refractivity contribution in [3.05, 3.63) is 54.2 Å².